The van der Waals surface area contributed by atoms with E-state index in [1.165, 1.54) is 10.6 Å². The number of amides is 1. The van der Waals surface area contributed by atoms with Crippen LogP contribution in [-0.4, -0.2) is 75.2 Å². The first-order valence-electron chi connectivity index (χ1n) is 8.33. The van der Waals surface area contributed by atoms with Gasteiger partial charge in [0.2, 0.25) is 26.0 Å². The Labute approximate surface area is 158 Å². The highest BCUT2D eigenvalue weighted by Crippen LogP contribution is 2.25. The fourth-order valence-electron chi connectivity index (χ4n) is 3.16. The zero-order chi connectivity index (χ0) is 19.8. The third-order valence-electron chi connectivity index (χ3n) is 4.48. The lowest BCUT2D eigenvalue weighted by molar-refractivity contribution is -0.132. The number of sulfonamides is 2. The predicted octanol–water partition coefficient (Wildman–Crippen LogP) is 0.117. The Kier molecular flexibility index (Phi) is 5.19. The zero-order valence-corrected chi connectivity index (χ0v) is 16.8. The van der Waals surface area contributed by atoms with Crippen LogP contribution in [0.4, 0.5) is 5.69 Å². The third kappa shape index (κ3) is 4.60. The lowest BCUT2D eigenvalue weighted by Crippen LogP contribution is -2.50. The highest BCUT2D eigenvalue weighted by Gasteiger charge is 2.26. The molecule has 0 bridgehead atoms. The van der Waals surface area contributed by atoms with Crippen molar-refractivity contribution in [2.24, 2.45) is 0 Å². The average Bonchev–Trinajstić information content (AvgIpc) is 2.97. The smallest absolute Gasteiger partial charge is 0.242 e. The molecule has 0 atom stereocenters. The van der Waals surface area contributed by atoms with Crippen LogP contribution in [0.1, 0.15) is 0 Å². The number of benzene rings is 1. The van der Waals surface area contributed by atoms with E-state index in [4.69, 9.17) is 0 Å². The molecule has 1 aliphatic rings. The van der Waals surface area contributed by atoms with Gasteiger partial charge in [0.1, 0.15) is 6.54 Å². The lowest BCUT2D eigenvalue weighted by Gasteiger charge is -2.33. The Hall–Kier alpha value is -2.11. The molecule has 11 heteroatoms. The van der Waals surface area contributed by atoms with Gasteiger partial charge in [-0.05, 0) is 18.2 Å². The van der Waals surface area contributed by atoms with Crippen molar-refractivity contribution in [2.75, 3.05) is 43.4 Å². The summed E-state index contributed by atoms with van der Waals surface area (Å²) in [6.07, 6.45) is 3.99. The number of hydrogen-bond donors (Lipinski definition) is 1. The number of aromatic nitrogens is 1. The van der Waals surface area contributed by atoms with Crippen LogP contribution in [0.5, 0.6) is 0 Å². The van der Waals surface area contributed by atoms with E-state index >= 15 is 0 Å². The number of nitrogens with zero attached hydrogens (tertiary/aromatic N) is 3. The second-order valence-electron chi connectivity index (χ2n) is 6.60. The molecule has 2 aromatic rings. The molecule has 1 aromatic carbocycles. The monoisotopic (exact) mass is 414 g/mol. The van der Waals surface area contributed by atoms with Crippen molar-refractivity contribution in [3.63, 3.8) is 0 Å². The Bertz CT molecular complexity index is 1070. The van der Waals surface area contributed by atoms with Crippen molar-refractivity contribution in [1.82, 2.24) is 13.8 Å². The van der Waals surface area contributed by atoms with Gasteiger partial charge in [-0.2, -0.15) is 4.31 Å². The van der Waals surface area contributed by atoms with Crippen LogP contribution in [0.3, 0.4) is 0 Å². The number of carbonyl (C=O) groups excluding carboxylic acids is 1. The fourth-order valence-corrected chi connectivity index (χ4v) is 4.57. The second-order valence-corrected chi connectivity index (χ2v) is 10.3. The molecule has 1 amide bonds. The van der Waals surface area contributed by atoms with Crippen LogP contribution in [0.25, 0.3) is 10.9 Å². The van der Waals surface area contributed by atoms with E-state index < -0.39 is 20.0 Å². The van der Waals surface area contributed by atoms with Gasteiger partial charge < -0.3 is 9.47 Å². The molecule has 27 heavy (non-hydrogen) atoms. The van der Waals surface area contributed by atoms with Crippen LogP contribution < -0.4 is 4.72 Å². The Morgan fingerprint density at radius 3 is 2.30 bits per heavy atom. The van der Waals surface area contributed by atoms with E-state index in [9.17, 15) is 21.6 Å². The molecule has 0 unspecified atom stereocenters. The molecular formula is C16H22N4O5S2. The average molecular weight is 415 g/mol. The van der Waals surface area contributed by atoms with Gasteiger partial charge in [0.25, 0.3) is 0 Å². The first-order valence-corrected chi connectivity index (χ1v) is 12.1. The first-order chi connectivity index (χ1) is 12.5. The van der Waals surface area contributed by atoms with Gasteiger partial charge in [0.15, 0.2) is 0 Å². The van der Waals surface area contributed by atoms with Crippen molar-refractivity contribution in [1.29, 1.82) is 0 Å². The minimum absolute atomic E-state index is 0.102. The SMILES string of the molecule is CS(=O)(=O)Nc1cccc2c1ccn2CC(=O)N1CCN(S(C)(=O)=O)CC1. The number of fused-ring (bicyclic) bond motifs is 1. The van der Waals surface area contributed by atoms with Gasteiger partial charge in [-0.3, -0.25) is 9.52 Å². The molecule has 0 radical (unpaired) electrons. The third-order valence-corrected chi connectivity index (χ3v) is 6.37. The molecule has 3 rings (SSSR count). The van der Waals surface area contributed by atoms with E-state index in [0.29, 0.717) is 37.3 Å². The molecule has 2 heterocycles. The summed E-state index contributed by atoms with van der Waals surface area (Å²) >= 11 is 0. The molecule has 0 saturated carbocycles. The van der Waals surface area contributed by atoms with E-state index in [1.807, 2.05) is 6.07 Å². The topological polar surface area (TPSA) is 109 Å². The molecule has 0 aliphatic carbocycles. The van der Waals surface area contributed by atoms with Crippen molar-refractivity contribution in [3.8, 4) is 0 Å². The van der Waals surface area contributed by atoms with Gasteiger partial charge in [-0.1, -0.05) is 6.07 Å². The number of carbonyl (C=O) groups is 1. The van der Waals surface area contributed by atoms with Crippen molar-refractivity contribution in [3.05, 3.63) is 30.5 Å². The van der Waals surface area contributed by atoms with E-state index in [0.717, 1.165) is 11.8 Å². The Balaban J connectivity index is 1.74. The van der Waals surface area contributed by atoms with Crippen molar-refractivity contribution >= 4 is 42.5 Å². The number of nitrogens with one attached hydrogen (secondary N) is 1. The maximum absolute atomic E-state index is 12.6. The Morgan fingerprint density at radius 1 is 1.04 bits per heavy atom. The second kappa shape index (κ2) is 7.13. The quantitative estimate of drug-likeness (QED) is 0.747. The minimum Gasteiger partial charge on any atom is -0.339 e. The largest absolute Gasteiger partial charge is 0.339 e. The van der Waals surface area contributed by atoms with Crippen molar-refractivity contribution in [2.45, 2.75) is 6.54 Å². The summed E-state index contributed by atoms with van der Waals surface area (Å²) < 4.78 is 51.7. The highest BCUT2D eigenvalue weighted by molar-refractivity contribution is 7.92. The molecule has 148 valence electrons. The molecule has 1 aliphatic heterocycles. The summed E-state index contributed by atoms with van der Waals surface area (Å²) in [6, 6.07) is 6.97. The number of hydrogen-bond acceptors (Lipinski definition) is 5. The summed E-state index contributed by atoms with van der Waals surface area (Å²) in [5, 5.41) is 0.706. The van der Waals surface area contributed by atoms with Gasteiger partial charge in [-0.25, -0.2) is 16.8 Å². The van der Waals surface area contributed by atoms with Crippen LogP contribution in [0.15, 0.2) is 30.5 Å². The zero-order valence-electron chi connectivity index (χ0n) is 15.1. The predicted molar refractivity (Wildman–Crippen MR) is 103 cm³/mol. The molecular weight excluding hydrogens is 392 g/mol. The normalized spacial score (nSPS) is 16.6. The van der Waals surface area contributed by atoms with Gasteiger partial charge in [0.05, 0.1) is 23.7 Å². The lowest BCUT2D eigenvalue weighted by atomic mass is 10.2. The summed E-state index contributed by atoms with van der Waals surface area (Å²) in [7, 11) is -6.64. The minimum atomic E-state index is -3.41. The first kappa shape index (κ1) is 19.6. The maximum atomic E-state index is 12.6. The van der Waals surface area contributed by atoms with Crippen LogP contribution >= 0.6 is 0 Å². The number of rotatable bonds is 5. The standard InChI is InChI=1S/C16H22N4O5S2/c1-26(22,23)17-14-4-3-5-15-13(14)6-7-19(15)12-16(21)18-8-10-20(11-9-18)27(2,24)25/h3-7,17H,8-12H2,1-2H3. The van der Waals surface area contributed by atoms with Gasteiger partial charge >= 0.3 is 0 Å². The molecule has 1 fully saturated rings. The molecule has 0 spiro atoms. The molecule has 1 saturated heterocycles. The molecule has 1 N–H and O–H groups in total. The van der Waals surface area contributed by atoms with E-state index in [-0.39, 0.29) is 12.5 Å². The summed E-state index contributed by atoms with van der Waals surface area (Å²) in [5.41, 5.74) is 1.20. The molecule has 9 nitrogen and oxygen atoms in total. The number of piperazine rings is 1. The fraction of sp³-hybridized carbons (Fsp3) is 0.438. The molecule has 1 aromatic heterocycles. The maximum Gasteiger partial charge on any atom is 0.242 e. The number of anilines is 1. The highest BCUT2D eigenvalue weighted by atomic mass is 32.2. The summed E-state index contributed by atoms with van der Waals surface area (Å²) in [4.78, 5) is 14.2. The van der Waals surface area contributed by atoms with Gasteiger partial charge in [0, 0.05) is 37.8 Å². The van der Waals surface area contributed by atoms with Crippen LogP contribution in [-0.2, 0) is 31.4 Å². The van der Waals surface area contributed by atoms with Crippen molar-refractivity contribution < 1.29 is 21.6 Å². The van der Waals surface area contributed by atoms with Gasteiger partial charge in [-0.15, -0.1) is 0 Å². The van der Waals surface area contributed by atoms with E-state index in [2.05, 4.69) is 4.72 Å². The summed E-state index contributed by atoms with van der Waals surface area (Å²) in [6.45, 7) is 1.39. The summed E-state index contributed by atoms with van der Waals surface area (Å²) in [5.74, 6) is -0.109. The van der Waals surface area contributed by atoms with E-state index in [1.54, 1.807) is 33.9 Å². The van der Waals surface area contributed by atoms with Crippen LogP contribution in [0, 0.1) is 0 Å². The Morgan fingerprint density at radius 2 is 1.70 bits per heavy atom. The van der Waals surface area contributed by atoms with Crippen LogP contribution in [0.2, 0.25) is 0 Å².